The third-order valence-corrected chi connectivity index (χ3v) is 2.68. The van der Waals surface area contributed by atoms with E-state index in [9.17, 15) is 4.79 Å². The monoisotopic (exact) mass is 278 g/mol. The molecule has 0 aromatic heterocycles. The van der Waals surface area contributed by atoms with E-state index in [2.05, 4.69) is 6.92 Å². The zero-order chi connectivity index (χ0) is 14.9. The molecule has 0 bridgehead atoms. The Hall–Kier alpha value is -0.650. The van der Waals surface area contributed by atoms with E-state index >= 15 is 0 Å². The van der Waals surface area contributed by atoms with Crippen molar-refractivity contribution in [2.75, 3.05) is 13.2 Å². The summed E-state index contributed by atoms with van der Waals surface area (Å²) in [6.07, 6.45) is 7.36. The second-order valence-corrected chi connectivity index (χ2v) is 4.56. The summed E-state index contributed by atoms with van der Waals surface area (Å²) in [5.41, 5.74) is 0. The van der Waals surface area contributed by atoms with Crippen molar-refractivity contribution in [2.45, 2.75) is 70.8 Å². The van der Waals surface area contributed by atoms with Crippen LogP contribution in [0, 0.1) is 0 Å². The van der Waals surface area contributed by atoms with Gasteiger partial charge in [-0.05, 0) is 19.3 Å². The van der Waals surface area contributed by atoms with Crippen molar-refractivity contribution in [3.8, 4) is 0 Å². The van der Waals surface area contributed by atoms with Crippen molar-refractivity contribution < 1.29 is 25.2 Å². The Morgan fingerprint density at radius 3 is 1.79 bits per heavy atom. The van der Waals surface area contributed by atoms with Crippen molar-refractivity contribution in [2.24, 2.45) is 0 Å². The molecule has 4 N–H and O–H groups in total. The van der Waals surface area contributed by atoms with E-state index in [4.69, 9.17) is 20.4 Å². The summed E-state index contributed by atoms with van der Waals surface area (Å²) in [4.78, 5) is 10.2. The normalized spacial score (nSPS) is 11.6. The van der Waals surface area contributed by atoms with E-state index in [1.165, 1.54) is 19.3 Å². The predicted molar refractivity (Wildman–Crippen MR) is 75.0 cm³/mol. The number of aliphatic hydroxyl groups is 3. The van der Waals surface area contributed by atoms with Gasteiger partial charge in [-0.2, -0.15) is 0 Å². The van der Waals surface area contributed by atoms with E-state index in [0.29, 0.717) is 6.42 Å². The molecule has 0 rings (SSSR count). The van der Waals surface area contributed by atoms with Crippen molar-refractivity contribution in [3.63, 3.8) is 0 Å². The highest BCUT2D eigenvalue weighted by atomic mass is 16.4. The molecule has 0 saturated heterocycles. The lowest BCUT2D eigenvalue weighted by Crippen LogP contribution is -2.18. The molecule has 0 aromatic rings. The fourth-order valence-electron chi connectivity index (χ4n) is 1.47. The molecule has 0 fully saturated rings. The van der Waals surface area contributed by atoms with Gasteiger partial charge in [0.25, 0.3) is 0 Å². The van der Waals surface area contributed by atoms with Crippen LogP contribution in [0.4, 0.5) is 0 Å². The summed E-state index contributed by atoms with van der Waals surface area (Å²) < 4.78 is 0. The van der Waals surface area contributed by atoms with Gasteiger partial charge in [-0.15, -0.1) is 0 Å². The Kier molecular flexibility index (Phi) is 18.9. The zero-order valence-electron chi connectivity index (χ0n) is 12.1. The molecule has 0 radical (unpaired) electrons. The van der Waals surface area contributed by atoms with Crippen LogP contribution in [0.25, 0.3) is 0 Å². The molecule has 116 valence electrons. The van der Waals surface area contributed by atoms with Gasteiger partial charge in [0.1, 0.15) is 0 Å². The minimum atomic E-state index is -1.16. The third-order valence-electron chi connectivity index (χ3n) is 2.68. The second kappa shape index (κ2) is 17.4. The smallest absolute Gasteiger partial charge is 0.332 e. The zero-order valence-corrected chi connectivity index (χ0v) is 12.1. The molecule has 1 atom stereocenters. The van der Waals surface area contributed by atoms with E-state index < -0.39 is 12.1 Å². The molecule has 0 heterocycles. The highest BCUT2D eigenvalue weighted by molar-refractivity contribution is 5.71. The number of rotatable bonds is 11. The van der Waals surface area contributed by atoms with Gasteiger partial charge in [0.05, 0.1) is 0 Å². The van der Waals surface area contributed by atoms with E-state index in [-0.39, 0.29) is 13.2 Å². The third kappa shape index (κ3) is 19.9. The lowest BCUT2D eigenvalue weighted by atomic mass is 10.1. The predicted octanol–water partition coefficient (Wildman–Crippen LogP) is 1.93. The van der Waals surface area contributed by atoms with Crippen LogP contribution in [0.3, 0.4) is 0 Å². The Bertz CT molecular complexity index is 181. The number of carboxylic acid groups (broad SMARTS) is 1. The number of aliphatic hydroxyl groups excluding tert-OH is 3. The van der Waals surface area contributed by atoms with Crippen LogP contribution in [0.5, 0.6) is 0 Å². The largest absolute Gasteiger partial charge is 0.479 e. The first kappa shape index (κ1) is 20.7. The molecule has 0 amide bonds. The SMILES string of the molecule is CCCCCCCCC(O)C(=O)O.OCCCCO. The molecule has 19 heavy (non-hydrogen) atoms. The van der Waals surface area contributed by atoms with E-state index in [1.807, 2.05) is 0 Å². The van der Waals surface area contributed by atoms with Crippen LogP contribution in [0.2, 0.25) is 0 Å². The van der Waals surface area contributed by atoms with Crippen LogP contribution in [0.1, 0.15) is 64.7 Å². The average Bonchev–Trinajstić information content (AvgIpc) is 2.40. The first-order chi connectivity index (χ1) is 9.09. The molecular weight excluding hydrogens is 248 g/mol. The maximum absolute atomic E-state index is 10.2. The van der Waals surface area contributed by atoms with Crippen LogP contribution in [0.15, 0.2) is 0 Å². The van der Waals surface area contributed by atoms with Gasteiger partial charge < -0.3 is 20.4 Å². The molecule has 5 nitrogen and oxygen atoms in total. The van der Waals surface area contributed by atoms with Gasteiger partial charge in [-0.3, -0.25) is 0 Å². The second-order valence-electron chi connectivity index (χ2n) is 4.56. The van der Waals surface area contributed by atoms with Crippen LogP contribution >= 0.6 is 0 Å². The molecule has 0 aliphatic heterocycles. The number of carbonyl (C=O) groups is 1. The number of hydrogen-bond acceptors (Lipinski definition) is 4. The Morgan fingerprint density at radius 2 is 1.37 bits per heavy atom. The van der Waals surface area contributed by atoms with Gasteiger partial charge in [0.2, 0.25) is 0 Å². The van der Waals surface area contributed by atoms with Crippen molar-refractivity contribution in [3.05, 3.63) is 0 Å². The molecule has 0 saturated carbocycles. The van der Waals surface area contributed by atoms with Crippen molar-refractivity contribution >= 4 is 5.97 Å². The molecule has 0 aromatic carbocycles. The molecule has 0 aliphatic carbocycles. The summed E-state index contributed by atoms with van der Waals surface area (Å²) in [7, 11) is 0. The van der Waals surface area contributed by atoms with Gasteiger partial charge >= 0.3 is 5.97 Å². The quantitative estimate of drug-likeness (QED) is 0.433. The van der Waals surface area contributed by atoms with Crippen LogP contribution in [-0.4, -0.2) is 45.7 Å². The number of unbranched alkanes of at least 4 members (excludes halogenated alkanes) is 6. The standard InChI is InChI=1S/C10H20O3.C4H10O2/c1-2-3-4-5-6-7-8-9(11)10(12)13;5-3-1-2-4-6/h9,11H,2-8H2,1H3,(H,12,13);5-6H,1-4H2. The molecular formula is C14H30O5. The summed E-state index contributed by atoms with van der Waals surface area (Å²) >= 11 is 0. The molecule has 5 heteroatoms. The Morgan fingerprint density at radius 1 is 0.895 bits per heavy atom. The molecule has 0 spiro atoms. The summed E-state index contributed by atoms with van der Waals surface area (Å²) in [6.45, 7) is 2.55. The topological polar surface area (TPSA) is 98.0 Å². The van der Waals surface area contributed by atoms with E-state index in [0.717, 1.165) is 32.1 Å². The van der Waals surface area contributed by atoms with Crippen molar-refractivity contribution in [1.29, 1.82) is 0 Å². The summed E-state index contributed by atoms with van der Waals surface area (Å²) in [5.74, 6) is -1.10. The lowest BCUT2D eigenvalue weighted by Gasteiger charge is -2.04. The molecule has 1 unspecified atom stereocenters. The molecule has 0 aliphatic rings. The van der Waals surface area contributed by atoms with Gasteiger partial charge in [-0.1, -0.05) is 45.4 Å². The van der Waals surface area contributed by atoms with Crippen molar-refractivity contribution in [1.82, 2.24) is 0 Å². The lowest BCUT2D eigenvalue weighted by molar-refractivity contribution is -0.146. The van der Waals surface area contributed by atoms with Gasteiger partial charge in [0, 0.05) is 13.2 Å². The maximum Gasteiger partial charge on any atom is 0.332 e. The fraction of sp³-hybridized carbons (Fsp3) is 0.929. The average molecular weight is 278 g/mol. The van der Waals surface area contributed by atoms with Gasteiger partial charge in [-0.25, -0.2) is 4.79 Å². The fourth-order valence-corrected chi connectivity index (χ4v) is 1.47. The summed E-state index contributed by atoms with van der Waals surface area (Å²) in [5, 5.41) is 33.5. The Balaban J connectivity index is 0. The summed E-state index contributed by atoms with van der Waals surface area (Å²) in [6, 6.07) is 0. The van der Waals surface area contributed by atoms with E-state index in [1.54, 1.807) is 0 Å². The minimum Gasteiger partial charge on any atom is -0.479 e. The first-order valence-electron chi connectivity index (χ1n) is 7.22. The number of hydrogen-bond donors (Lipinski definition) is 4. The first-order valence-corrected chi connectivity index (χ1v) is 7.22. The Labute approximate surface area is 116 Å². The van der Waals surface area contributed by atoms with Gasteiger partial charge in [0.15, 0.2) is 6.10 Å². The number of carboxylic acids is 1. The maximum atomic E-state index is 10.2. The minimum absolute atomic E-state index is 0.195. The van der Waals surface area contributed by atoms with Crippen LogP contribution in [-0.2, 0) is 4.79 Å². The highest BCUT2D eigenvalue weighted by Crippen LogP contribution is 2.08. The highest BCUT2D eigenvalue weighted by Gasteiger charge is 2.11. The van der Waals surface area contributed by atoms with Crippen LogP contribution < -0.4 is 0 Å². The number of aliphatic carboxylic acids is 1.